The SMILES string of the molecule is CC(c1ccc(F)cc1F)N1CCN(C(=O)[C@H]2CCCCN2)CC1. The standard InChI is InChI=1S/C18H25F2N3O/c1-13(15-6-5-14(19)12-16(15)20)22-8-10-23(11-9-22)18(24)17-4-2-3-7-21-17/h5-6,12-13,17,21H,2-4,7-11H2,1H3/t13?,17-/m1/s1. The summed E-state index contributed by atoms with van der Waals surface area (Å²) in [5.41, 5.74) is 0.505. The Morgan fingerprint density at radius 1 is 1.21 bits per heavy atom. The van der Waals surface area contributed by atoms with Crippen LogP contribution >= 0.6 is 0 Å². The quantitative estimate of drug-likeness (QED) is 0.919. The molecule has 132 valence electrons. The summed E-state index contributed by atoms with van der Waals surface area (Å²) in [5, 5.41) is 3.30. The van der Waals surface area contributed by atoms with Crippen LogP contribution in [-0.2, 0) is 4.79 Å². The van der Waals surface area contributed by atoms with Gasteiger partial charge in [-0.15, -0.1) is 0 Å². The molecular formula is C18H25F2N3O. The van der Waals surface area contributed by atoms with Crippen molar-refractivity contribution in [1.82, 2.24) is 15.1 Å². The predicted octanol–water partition coefficient (Wildman–Crippen LogP) is 2.31. The van der Waals surface area contributed by atoms with E-state index in [4.69, 9.17) is 0 Å². The molecule has 3 rings (SSSR count). The molecule has 2 saturated heterocycles. The van der Waals surface area contributed by atoms with Crippen molar-refractivity contribution >= 4 is 5.91 Å². The number of piperazine rings is 1. The smallest absolute Gasteiger partial charge is 0.239 e. The first kappa shape index (κ1) is 17.3. The van der Waals surface area contributed by atoms with Gasteiger partial charge in [-0.05, 0) is 32.4 Å². The number of nitrogens with one attached hydrogen (secondary N) is 1. The van der Waals surface area contributed by atoms with Crippen molar-refractivity contribution in [3.05, 3.63) is 35.4 Å². The molecule has 0 radical (unpaired) electrons. The van der Waals surface area contributed by atoms with Gasteiger partial charge in [0.1, 0.15) is 11.6 Å². The zero-order chi connectivity index (χ0) is 17.1. The average Bonchev–Trinajstić information content (AvgIpc) is 2.61. The summed E-state index contributed by atoms with van der Waals surface area (Å²) >= 11 is 0. The minimum absolute atomic E-state index is 0.0442. The zero-order valence-corrected chi connectivity index (χ0v) is 14.1. The maximum absolute atomic E-state index is 14.0. The van der Waals surface area contributed by atoms with E-state index in [0.717, 1.165) is 31.9 Å². The molecule has 24 heavy (non-hydrogen) atoms. The molecule has 0 saturated carbocycles. The van der Waals surface area contributed by atoms with E-state index < -0.39 is 11.6 Å². The monoisotopic (exact) mass is 337 g/mol. The van der Waals surface area contributed by atoms with Crippen LogP contribution in [0.25, 0.3) is 0 Å². The molecule has 4 nitrogen and oxygen atoms in total. The number of amides is 1. The molecule has 1 unspecified atom stereocenters. The zero-order valence-electron chi connectivity index (χ0n) is 14.1. The van der Waals surface area contributed by atoms with Gasteiger partial charge < -0.3 is 10.2 Å². The van der Waals surface area contributed by atoms with Crippen molar-refractivity contribution in [2.75, 3.05) is 32.7 Å². The molecule has 2 aliphatic rings. The highest BCUT2D eigenvalue weighted by molar-refractivity contribution is 5.82. The minimum atomic E-state index is -0.557. The summed E-state index contributed by atoms with van der Waals surface area (Å²) < 4.78 is 27.0. The second-order valence-electron chi connectivity index (χ2n) is 6.71. The van der Waals surface area contributed by atoms with Crippen LogP contribution in [-0.4, -0.2) is 54.5 Å². The molecule has 0 aromatic heterocycles. The summed E-state index contributed by atoms with van der Waals surface area (Å²) in [6, 6.07) is 3.57. The molecule has 2 heterocycles. The summed E-state index contributed by atoms with van der Waals surface area (Å²) in [4.78, 5) is 16.6. The molecule has 0 aliphatic carbocycles. The Hall–Kier alpha value is -1.53. The van der Waals surface area contributed by atoms with Crippen LogP contribution in [0.15, 0.2) is 18.2 Å². The lowest BCUT2D eigenvalue weighted by Crippen LogP contribution is -2.55. The van der Waals surface area contributed by atoms with Gasteiger partial charge in [-0.1, -0.05) is 12.5 Å². The first-order valence-corrected chi connectivity index (χ1v) is 8.77. The lowest BCUT2D eigenvalue weighted by atomic mass is 10.0. The van der Waals surface area contributed by atoms with Crippen molar-refractivity contribution in [2.45, 2.75) is 38.3 Å². The molecule has 1 aromatic carbocycles. The van der Waals surface area contributed by atoms with Crippen molar-refractivity contribution in [3.8, 4) is 0 Å². The number of carbonyl (C=O) groups is 1. The predicted molar refractivity (Wildman–Crippen MR) is 88.6 cm³/mol. The van der Waals surface area contributed by atoms with Crippen LogP contribution in [0.1, 0.15) is 37.8 Å². The molecule has 1 amide bonds. The molecule has 0 bridgehead atoms. The van der Waals surface area contributed by atoms with E-state index in [1.165, 1.54) is 12.1 Å². The van der Waals surface area contributed by atoms with Gasteiger partial charge in [0.05, 0.1) is 6.04 Å². The molecule has 1 aromatic rings. The summed E-state index contributed by atoms with van der Waals surface area (Å²) in [7, 11) is 0. The highest BCUT2D eigenvalue weighted by Gasteiger charge is 2.30. The van der Waals surface area contributed by atoms with Crippen LogP contribution in [0.2, 0.25) is 0 Å². The molecule has 2 atom stereocenters. The van der Waals surface area contributed by atoms with E-state index in [9.17, 15) is 13.6 Å². The first-order chi connectivity index (χ1) is 11.6. The number of carbonyl (C=O) groups excluding carboxylic acids is 1. The van der Waals surface area contributed by atoms with E-state index in [1.807, 2.05) is 11.8 Å². The van der Waals surface area contributed by atoms with Gasteiger partial charge in [-0.25, -0.2) is 8.78 Å². The molecular weight excluding hydrogens is 312 g/mol. The number of rotatable bonds is 3. The Kier molecular flexibility index (Phi) is 5.46. The Labute approximate surface area is 141 Å². The van der Waals surface area contributed by atoms with E-state index in [0.29, 0.717) is 31.7 Å². The van der Waals surface area contributed by atoms with Gasteiger partial charge in [0.15, 0.2) is 0 Å². The number of piperidine rings is 1. The van der Waals surface area contributed by atoms with Gasteiger partial charge in [0.2, 0.25) is 5.91 Å². The molecule has 2 fully saturated rings. The number of benzene rings is 1. The molecule has 6 heteroatoms. The van der Waals surface area contributed by atoms with E-state index in [-0.39, 0.29) is 18.0 Å². The second kappa shape index (κ2) is 7.57. The third kappa shape index (κ3) is 3.75. The Morgan fingerprint density at radius 2 is 1.96 bits per heavy atom. The number of hydrogen-bond acceptors (Lipinski definition) is 3. The number of halogens is 2. The van der Waals surface area contributed by atoms with Gasteiger partial charge in [-0.3, -0.25) is 9.69 Å². The van der Waals surface area contributed by atoms with E-state index in [2.05, 4.69) is 10.2 Å². The van der Waals surface area contributed by atoms with Crippen LogP contribution in [0.5, 0.6) is 0 Å². The maximum atomic E-state index is 14.0. The maximum Gasteiger partial charge on any atom is 0.239 e. The highest BCUT2D eigenvalue weighted by atomic mass is 19.1. The largest absolute Gasteiger partial charge is 0.339 e. The van der Waals surface area contributed by atoms with Crippen LogP contribution < -0.4 is 5.32 Å². The fourth-order valence-electron chi connectivity index (χ4n) is 3.65. The summed E-state index contributed by atoms with van der Waals surface area (Å²) in [6.45, 7) is 5.56. The van der Waals surface area contributed by atoms with E-state index >= 15 is 0 Å². The summed E-state index contributed by atoms with van der Waals surface area (Å²) in [6.07, 6.45) is 3.15. The van der Waals surface area contributed by atoms with Crippen LogP contribution in [0, 0.1) is 11.6 Å². The Bertz CT molecular complexity index is 582. The van der Waals surface area contributed by atoms with Crippen molar-refractivity contribution in [1.29, 1.82) is 0 Å². The van der Waals surface area contributed by atoms with Gasteiger partial charge in [-0.2, -0.15) is 0 Å². The molecule has 0 spiro atoms. The van der Waals surface area contributed by atoms with Gasteiger partial charge in [0.25, 0.3) is 0 Å². The average molecular weight is 337 g/mol. The van der Waals surface area contributed by atoms with E-state index in [1.54, 1.807) is 0 Å². The van der Waals surface area contributed by atoms with Crippen molar-refractivity contribution < 1.29 is 13.6 Å². The Morgan fingerprint density at radius 3 is 2.58 bits per heavy atom. The minimum Gasteiger partial charge on any atom is -0.339 e. The third-order valence-electron chi connectivity index (χ3n) is 5.19. The Balaban J connectivity index is 1.57. The van der Waals surface area contributed by atoms with Crippen LogP contribution in [0.4, 0.5) is 8.78 Å². The van der Waals surface area contributed by atoms with Crippen molar-refractivity contribution in [2.24, 2.45) is 0 Å². The number of hydrogen-bond donors (Lipinski definition) is 1. The van der Waals surface area contributed by atoms with Crippen LogP contribution in [0.3, 0.4) is 0 Å². The third-order valence-corrected chi connectivity index (χ3v) is 5.19. The first-order valence-electron chi connectivity index (χ1n) is 8.77. The summed E-state index contributed by atoms with van der Waals surface area (Å²) in [5.74, 6) is -0.874. The highest BCUT2D eigenvalue weighted by Crippen LogP contribution is 2.25. The van der Waals surface area contributed by atoms with Gasteiger partial charge >= 0.3 is 0 Å². The van der Waals surface area contributed by atoms with Gasteiger partial charge in [0, 0.05) is 43.9 Å². The second-order valence-corrected chi connectivity index (χ2v) is 6.71. The molecule has 2 aliphatic heterocycles. The fraction of sp³-hybridized carbons (Fsp3) is 0.611. The lowest BCUT2D eigenvalue weighted by Gasteiger charge is -2.40. The number of nitrogens with zero attached hydrogens (tertiary/aromatic N) is 2. The normalized spacial score (nSPS) is 24.0. The lowest BCUT2D eigenvalue weighted by molar-refractivity contribution is -0.136. The fourth-order valence-corrected chi connectivity index (χ4v) is 3.65. The molecule has 1 N–H and O–H groups in total. The topological polar surface area (TPSA) is 35.6 Å². The van der Waals surface area contributed by atoms with Crippen molar-refractivity contribution in [3.63, 3.8) is 0 Å².